The first-order chi connectivity index (χ1) is 65.4. The summed E-state index contributed by atoms with van der Waals surface area (Å²) in [6.07, 6.45) is 18.8. The van der Waals surface area contributed by atoms with Crippen molar-refractivity contribution >= 4 is 94.0 Å². The zero-order chi connectivity index (χ0) is 99.6. The van der Waals surface area contributed by atoms with Crippen LogP contribution >= 0.6 is 0 Å². The number of imidazole rings is 1. The lowest BCUT2D eigenvalue weighted by molar-refractivity contribution is -0.144. The van der Waals surface area contributed by atoms with Crippen molar-refractivity contribution in [3.63, 3.8) is 0 Å². The molecule has 136 heavy (non-hydrogen) atoms. The van der Waals surface area contributed by atoms with E-state index in [1.165, 1.54) is 30.6 Å². The van der Waals surface area contributed by atoms with Gasteiger partial charge in [-0.1, -0.05) is 84.5 Å². The van der Waals surface area contributed by atoms with Crippen LogP contribution in [0.25, 0.3) is 0 Å². The third kappa shape index (κ3) is 62.5. The second kappa shape index (κ2) is 75.8. The lowest BCUT2D eigenvalue weighted by Gasteiger charge is -2.26. The Morgan fingerprint density at radius 3 is 1.21 bits per heavy atom. The van der Waals surface area contributed by atoms with Gasteiger partial charge in [0.25, 0.3) is 0 Å². The summed E-state index contributed by atoms with van der Waals surface area (Å²) < 4.78 is 54.9. The predicted octanol–water partition coefficient (Wildman–Crippen LogP) is 8.77. The van der Waals surface area contributed by atoms with E-state index in [0.29, 0.717) is 88.2 Å². The monoisotopic (exact) mass is 1920 g/mol. The summed E-state index contributed by atoms with van der Waals surface area (Å²) >= 11 is 0. The first-order valence-corrected chi connectivity index (χ1v) is 47.8. The van der Waals surface area contributed by atoms with Crippen LogP contribution in [0, 0.1) is 23.2 Å². The van der Waals surface area contributed by atoms with Crippen molar-refractivity contribution in [2.45, 2.75) is 251 Å². The average Bonchev–Trinajstić information content (AvgIpc) is 1.10. The molecule has 0 saturated carbocycles. The van der Waals surface area contributed by atoms with Gasteiger partial charge in [0.2, 0.25) is 23.6 Å². The third-order valence-corrected chi connectivity index (χ3v) is 22.2. The molecule has 764 valence electrons. The van der Waals surface area contributed by atoms with E-state index in [1.807, 2.05) is 0 Å². The van der Waals surface area contributed by atoms with Gasteiger partial charge in [-0.05, 0) is 132 Å². The van der Waals surface area contributed by atoms with Gasteiger partial charge in [-0.2, -0.15) is 0 Å². The number of carbonyl (C=O) groups is 16. The number of rotatable bonds is 93. The largest absolute Gasteiger partial charge is 0.494 e. The van der Waals surface area contributed by atoms with Crippen LogP contribution in [0.4, 0.5) is 0 Å². The topological polar surface area (TPSA) is 581 Å². The highest BCUT2D eigenvalue weighted by Crippen LogP contribution is 2.26. The molecule has 3 aromatic rings. The van der Waals surface area contributed by atoms with Gasteiger partial charge in [0.05, 0.1) is 133 Å². The van der Waals surface area contributed by atoms with E-state index in [-0.39, 0.29) is 286 Å². The number of unbranched alkanes of at least 4 members (excludes halogenated alkanes) is 14. The van der Waals surface area contributed by atoms with Crippen LogP contribution in [0.3, 0.4) is 0 Å². The molecule has 4 amide bonds. The third-order valence-electron chi connectivity index (χ3n) is 22.2. The number of ketones is 7. The molecule has 39 nitrogen and oxygen atoms in total. The highest BCUT2D eigenvalue weighted by atomic mass is 16.5. The molecule has 0 saturated heterocycles. The Labute approximate surface area is 797 Å². The van der Waals surface area contributed by atoms with E-state index < -0.39 is 82.7 Å². The highest BCUT2D eigenvalue weighted by Gasteiger charge is 2.34. The number of Topliss-reactive ketones (excluding diaryl/α,β-unsaturated/α-hetero) is 7. The van der Waals surface area contributed by atoms with E-state index in [1.54, 1.807) is 44.3 Å². The number of nitrogens with zero attached hydrogens (tertiary/aromatic N) is 1. The first kappa shape index (κ1) is 120. The number of nitrogens with two attached hydrogens (primary N) is 1. The Morgan fingerprint density at radius 1 is 0.368 bits per heavy atom. The molecule has 39 heteroatoms. The molecular formula is C97H150N8O31. The van der Waals surface area contributed by atoms with E-state index in [9.17, 15) is 92.0 Å². The Balaban J connectivity index is 1.19. The molecule has 3 rings (SSSR count). The van der Waals surface area contributed by atoms with Crippen LogP contribution in [-0.4, -0.2) is 293 Å². The van der Waals surface area contributed by atoms with Gasteiger partial charge >= 0.3 is 29.8 Å². The number of ether oxygens (including phenoxy) is 10. The second-order valence-corrected chi connectivity index (χ2v) is 34.3. The molecule has 0 aliphatic carbocycles. The van der Waals surface area contributed by atoms with Crippen LogP contribution in [0.1, 0.15) is 259 Å². The van der Waals surface area contributed by atoms with Gasteiger partial charge in [-0.15, -0.1) is 0 Å². The number of H-pyrrole nitrogens is 1. The maximum Gasteiger partial charge on any atom is 0.335 e. The summed E-state index contributed by atoms with van der Waals surface area (Å²) in [5.74, 6) is -10.4. The fourth-order valence-electron chi connectivity index (χ4n) is 14.1. The number of aromatic amines is 1. The Kier molecular flexibility index (Phi) is 66.9. The fourth-order valence-corrected chi connectivity index (χ4v) is 14.1. The summed E-state index contributed by atoms with van der Waals surface area (Å²) in [4.78, 5) is 206. The van der Waals surface area contributed by atoms with Crippen molar-refractivity contribution in [1.29, 1.82) is 0 Å². The number of hydrogen-bond acceptors (Lipinski definition) is 29. The predicted molar refractivity (Wildman–Crippen MR) is 498 cm³/mol. The second-order valence-electron chi connectivity index (χ2n) is 34.3. The molecule has 0 aliphatic rings. The molecule has 13 N–H and O–H groups in total. The van der Waals surface area contributed by atoms with Crippen molar-refractivity contribution in [3.8, 4) is 11.5 Å². The fraction of sp³-hybridized carbons (Fsp3) is 0.680. The normalized spacial score (nSPS) is 12.5. The molecule has 0 unspecified atom stereocenters. The lowest BCUT2D eigenvalue weighted by atomic mass is 9.81. The lowest BCUT2D eigenvalue weighted by Crippen LogP contribution is -2.45. The summed E-state index contributed by atoms with van der Waals surface area (Å²) in [6, 6.07) is 10.7. The highest BCUT2D eigenvalue weighted by molar-refractivity contribution is 5.95. The van der Waals surface area contributed by atoms with E-state index in [4.69, 9.17) is 63.3 Å². The summed E-state index contributed by atoms with van der Waals surface area (Å²) in [5.41, 5.74) is 6.06. The summed E-state index contributed by atoms with van der Waals surface area (Å²) in [5, 5.41) is 61.5. The number of carboxylic acid groups (broad SMARTS) is 5. The first-order valence-electron chi connectivity index (χ1n) is 47.8. The zero-order valence-electron chi connectivity index (χ0n) is 79.5. The van der Waals surface area contributed by atoms with Gasteiger partial charge in [0.1, 0.15) is 55.3 Å². The van der Waals surface area contributed by atoms with Crippen LogP contribution in [0.5, 0.6) is 11.5 Å². The van der Waals surface area contributed by atoms with Gasteiger partial charge in [-0.3, -0.25) is 67.1 Å². The molecule has 0 radical (unpaired) electrons. The van der Waals surface area contributed by atoms with Crippen molar-refractivity contribution in [1.82, 2.24) is 36.6 Å². The molecular weight excluding hydrogens is 1770 g/mol. The van der Waals surface area contributed by atoms with Crippen molar-refractivity contribution < 1.29 is 150 Å². The number of benzene rings is 2. The number of aliphatic carboxylic acids is 3. The number of aromatic nitrogens is 2. The Bertz CT molecular complexity index is 3960. The van der Waals surface area contributed by atoms with Gasteiger partial charge in [0.15, 0.2) is 23.1 Å². The van der Waals surface area contributed by atoms with Crippen molar-refractivity contribution in [2.75, 3.05) is 152 Å². The van der Waals surface area contributed by atoms with Gasteiger partial charge in [-0.25, -0.2) is 14.6 Å². The number of nitrogens with one attached hydrogen (secondary N) is 6. The molecule has 5 atom stereocenters. The smallest absolute Gasteiger partial charge is 0.335 e. The van der Waals surface area contributed by atoms with Crippen LogP contribution in [0.2, 0.25) is 0 Å². The minimum atomic E-state index is -1.20. The van der Waals surface area contributed by atoms with E-state index in [0.717, 1.165) is 77.0 Å². The SMILES string of the molecule is CC(C)(CC(=O)[C@@H](N)Cc1cnc[nH]1)C(=O)CN[C@@H](CCCCNC(=O)COCCOCCCC(=O)COCCOCCNC(=O)CC[C@H](CC(=O)CCCCCCCCCOc1ccc(C(=O)O)cc1)C(=O)O)C(=O)C[C@@H](CCCCNC(=O)COCCOCCNC(=O)COCCOCCCC(=O)CC[C@H](CC(=O)CCCCCCCCCOc1ccc(C(=O)O)cc1)C(=O)O)C(=O)O. The minimum Gasteiger partial charge on any atom is -0.494 e. The molecule has 0 spiro atoms. The van der Waals surface area contributed by atoms with Gasteiger partial charge in [0, 0.05) is 127 Å². The number of aromatic carboxylic acids is 2. The van der Waals surface area contributed by atoms with E-state index in [2.05, 4.69) is 36.6 Å². The maximum absolute atomic E-state index is 14.0. The Morgan fingerprint density at radius 2 is 0.757 bits per heavy atom. The van der Waals surface area contributed by atoms with E-state index >= 15 is 0 Å². The standard InChI is InChI=1S/C97H150N8O31/c1-97(2,63-86(111)83(98)62-76-64-99-70-105-76)87(112)65-104-84(28-16-18-42-101-90(115)67-132-56-52-128-46-22-27-80(109)66-131-55-53-129-49-43-102-88(113)40-34-75(96(125)126)60-79(108)25-14-10-6-4-8-12-20-48-136-82-38-32-72(33-39-82)93(119)120)85(110)61-73(94(121)122)23-15-17-41-100-89(114)68-134-58-54-130-50-44-103-91(116)69-133-57-51-127-45-21-26-77(106)35-29-74(95(123)124)59-78(107)24-13-9-5-3-7-11-19-47-135-81-36-30-71(31-37-81)92(117)118/h30-33,36-39,64,70,73-75,83-84,104H,3-29,34-35,40-63,65-69,98H2,1-2H3,(H,99,105)(H,100,114)(H,101,115)(H,102,113)(H,103,116)(H,117,118)(H,119,120)(H,121,122)(H,123,124)(H,125,126)/t73-,74-,75-,83+,84+/m1/s1. The summed E-state index contributed by atoms with van der Waals surface area (Å²) in [7, 11) is 0. The molecule has 1 heterocycles. The number of carboxylic acids is 5. The average molecular weight is 1920 g/mol. The van der Waals surface area contributed by atoms with Crippen molar-refractivity contribution in [3.05, 3.63) is 77.9 Å². The number of hydrogen-bond donors (Lipinski definition) is 12. The van der Waals surface area contributed by atoms with Crippen LogP contribution in [0.15, 0.2) is 61.1 Å². The van der Waals surface area contributed by atoms with Gasteiger partial charge < -0.3 is 110 Å². The number of amides is 4. The Hall–Kier alpha value is -10.2. The summed E-state index contributed by atoms with van der Waals surface area (Å²) in [6.45, 7) is 5.72. The molecule has 1 aromatic heterocycles. The maximum atomic E-state index is 14.0. The van der Waals surface area contributed by atoms with Crippen LogP contribution in [-0.2, 0) is 111 Å². The van der Waals surface area contributed by atoms with Crippen molar-refractivity contribution in [2.24, 2.45) is 28.9 Å². The van der Waals surface area contributed by atoms with Crippen LogP contribution < -0.4 is 41.8 Å². The molecule has 0 fully saturated rings. The quantitative estimate of drug-likeness (QED) is 0.0235. The molecule has 0 aliphatic heterocycles. The zero-order valence-corrected chi connectivity index (χ0v) is 79.5. The molecule has 2 aromatic carbocycles. The minimum absolute atomic E-state index is 0.0220. The molecule has 0 bridgehead atoms. The number of carbonyl (C=O) groups excluding carboxylic acids is 11.